The molecule has 2 aromatic rings. The highest BCUT2D eigenvalue weighted by atomic mass is 16.5. The van der Waals surface area contributed by atoms with Crippen molar-refractivity contribution in [2.75, 3.05) is 6.61 Å². The first kappa shape index (κ1) is 26.3. The predicted molar refractivity (Wildman–Crippen MR) is 135 cm³/mol. The molecule has 0 fully saturated rings. The number of benzene rings is 2. The van der Waals surface area contributed by atoms with Crippen molar-refractivity contribution < 1.29 is 24.2 Å². The second-order valence-corrected chi connectivity index (χ2v) is 9.63. The van der Waals surface area contributed by atoms with Gasteiger partial charge in [0.2, 0.25) is 5.91 Å². The Morgan fingerprint density at radius 3 is 2.03 bits per heavy atom. The topological polar surface area (TPSA) is 105 Å². The van der Waals surface area contributed by atoms with Gasteiger partial charge in [-0.25, -0.2) is 4.79 Å². The smallest absolute Gasteiger partial charge is 0.407 e. The molecule has 4 unspecified atom stereocenters. The van der Waals surface area contributed by atoms with Crippen LogP contribution >= 0.6 is 0 Å². The summed E-state index contributed by atoms with van der Waals surface area (Å²) in [6.45, 7) is 7.30. The minimum absolute atomic E-state index is 0.0223. The van der Waals surface area contributed by atoms with Gasteiger partial charge in [0.15, 0.2) is 0 Å². The number of carbonyl (C=O) groups excluding carboxylic acids is 2. The average Bonchev–Trinajstić information content (AvgIpc) is 3.15. The van der Waals surface area contributed by atoms with Crippen LogP contribution in [0.2, 0.25) is 0 Å². The fourth-order valence-electron chi connectivity index (χ4n) is 4.48. The molecule has 35 heavy (non-hydrogen) atoms. The summed E-state index contributed by atoms with van der Waals surface area (Å²) in [6.07, 6.45) is 1.67. The van der Waals surface area contributed by atoms with Crippen molar-refractivity contribution in [1.29, 1.82) is 0 Å². The maximum atomic E-state index is 12.4. The van der Waals surface area contributed by atoms with Crippen molar-refractivity contribution in [3.8, 4) is 11.1 Å². The highest BCUT2D eigenvalue weighted by Crippen LogP contribution is 2.44. The monoisotopic (exact) mass is 480 g/mol. The van der Waals surface area contributed by atoms with Crippen LogP contribution in [0, 0.1) is 11.8 Å². The van der Waals surface area contributed by atoms with Crippen molar-refractivity contribution in [1.82, 2.24) is 10.6 Å². The van der Waals surface area contributed by atoms with Gasteiger partial charge in [-0.3, -0.25) is 9.59 Å². The van der Waals surface area contributed by atoms with Crippen LogP contribution in [0.4, 0.5) is 4.79 Å². The number of amides is 2. The van der Waals surface area contributed by atoms with Crippen molar-refractivity contribution in [3.05, 3.63) is 59.7 Å². The zero-order valence-corrected chi connectivity index (χ0v) is 20.9. The van der Waals surface area contributed by atoms with Crippen molar-refractivity contribution >= 4 is 18.0 Å². The van der Waals surface area contributed by atoms with Gasteiger partial charge in [0.1, 0.15) is 6.61 Å². The normalized spacial score (nSPS) is 15.8. The van der Waals surface area contributed by atoms with Gasteiger partial charge in [0.25, 0.3) is 0 Å². The van der Waals surface area contributed by atoms with Crippen LogP contribution in [0.3, 0.4) is 0 Å². The number of aliphatic carboxylic acids is 1. The van der Waals surface area contributed by atoms with Crippen LogP contribution in [-0.4, -0.2) is 41.8 Å². The number of hydrogen-bond acceptors (Lipinski definition) is 4. The van der Waals surface area contributed by atoms with Crippen LogP contribution < -0.4 is 10.6 Å². The largest absolute Gasteiger partial charge is 0.481 e. The Labute approximate surface area is 207 Å². The highest BCUT2D eigenvalue weighted by Gasteiger charge is 2.29. The molecular weight excluding hydrogens is 444 g/mol. The molecule has 188 valence electrons. The molecule has 7 nitrogen and oxygen atoms in total. The lowest BCUT2D eigenvalue weighted by molar-refractivity contribution is -0.142. The molecule has 0 aromatic heterocycles. The van der Waals surface area contributed by atoms with E-state index in [2.05, 4.69) is 34.9 Å². The number of carboxylic acids is 1. The van der Waals surface area contributed by atoms with Gasteiger partial charge in [0.05, 0.1) is 5.92 Å². The Bertz CT molecular complexity index is 1010. The number of ether oxygens (including phenoxy) is 1. The molecule has 0 saturated heterocycles. The molecule has 0 saturated carbocycles. The maximum absolute atomic E-state index is 12.4. The summed E-state index contributed by atoms with van der Waals surface area (Å²) < 4.78 is 5.60. The summed E-state index contributed by atoms with van der Waals surface area (Å²) in [5, 5.41) is 14.7. The van der Waals surface area contributed by atoms with E-state index in [-0.39, 0.29) is 30.4 Å². The summed E-state index contributed by atoms with van der Waals surface area (Å²) in [6, 6.07) is 15.9. The van der Waals surface area contributed by atoms with Gasteiger partial charge >= 0.3 is 12.1 Å². The second-order valence-electron chi connectivity index (χ2n) is 9.63. The lowest BCUT2D eigenvalue weighted by Crippen LogP contribution is -2.42. The molecule has 0 heterocycles. The minimum atomic E-state index is -0.932. The molecule has 3 rings (SSSR count). The van der Waals surface area contributed by atoms with Gasteiger partial charge in [0, 0.05) is 23.9 Å². The van der Waals surface area contributed by atoms with E-state index in [0.29, 0.717) is 12.8 Å². The number of carbonyl (C=O) groups is 3. The molecule has 3 N–H and O–H groups in total. The number of alkyl carbamates (subject to hydrolysis) is 1. The number of carboxylic acid groups (broad SMARTS) is 1. The fraction of sp³-hybridized carbons (Fsp3) is 0.464. The number of rotatable bonds is 11. The quantitative estimate of drug-likeness (QED) is 0.422. The average molecular weight is 481 g/mol. The van der Waals surface area contributed by atoms with E-state index in [1.165, 1.54) is 22.3 Å². The van der Waals surface area contributed by atoms with E-state index in [0.717, 1.165) is 6.42 Å². The fourth-order valence-corrected chi connectivity index (χ4v) is 4.48. The third kappa shape index (κ3) is 6.62. The van der Waals surface area contributed by atoms with Crippen LogP contribution in [0.15, 0.2) is 48.5 Å². The van der Waals surface area contributed by atoms with Crippen molar-refractivity contribution in [2.45, 2.75) is 65.0 Å². The molecule has 2 aromatic carbocycles. The molecule has 1 aliphatic carbocycles. The highest BCUT2D eigenvalue weighted by molar-refractivity contribution is 5.80. The van der Waals surface area contributed by atoms with E-state index in [1.807, 2.05) is 38.1 Å². The minimum Gasteiger partial charge on any atom is -0.481 e. The molecule has 0 aliphatic heterocycles. The molecule has 4 atom stereocenters. The number of nitrogens with one attached hydrogen (secondary N) is 2. The zero-order valence-electron chi connectivity index (χ0n) is 20.9. The van der Waals surface area contributed by atoms with Gasteiger partial charge in [-0.1, -0.05) is 61.9 Å². The van der Waals surface area contributed by atoms with Gasteiger partial charge in [-0.2, -0.15) is 0 Å². The Balaban J connectivity index is 1.41. The Morgan fingerprint density at radius 2 is 1.46 bits per heavy atom. The third-order valence-electron chi connectivity index (χ3n) is 6.94. The van der Waals surface area contributed by atoms with Crippen molar-refractivity contribution in [3.63, 3.8) is 0 Å². The molecule has 0 radical (unpaired) electrons. The second kappa shape index (κ2) is 11.9. The summed E-state index contributed by atoms with van der Waals surface area (Å²) in [5.41, 5.74) is 4.73. The molecule has 0 spiro atoms. The zero-order chi connectivity index (χ0) is 25.5. The lowest BCUT2D eigenvalue weighted by atomic mass is 9.98. The molecule has 1 aliphatic rings. The molecule has 2 amide bonds. The van der Waals surface area contributed by atoms with Crippen LogP contribution in [0.25, 0.3) is 11.1 Å². The van der Waals surface area contributed by atoms with E-state index in [1.54, 1.807) is 13.8 Å². The van der Waals surface area contributed by atoms with E-state index in [4.69, 9.17) is 9.84 Å². The summed E-state index contributed by atoms with van der Waals surface area (Å²) in [7, 11) is 0. The van der Waals surface area contributed by atoms with Gasteiger partial charge in [-0.15, -0.1) is 0 Å². The van der Waals surface area contributed by atoms with E-state index in [9.17, 15) is 14.4 Å². The van der Waals surface area contributed by atoms with Crippen LogP contribution in [-0.2, 0) is 14.3 Å². The number of fused-ring (bicyclic) bond motifs is 3. The predicted octanol–water partition coefficient (Wildman–Crippen LogP) is 4.95. The van der Waals surface area contributed by atoms with Crippen LogP contribution in [0.5, 0.6) is 0 Å². The summed E-state index contributed by atoms with van der Waals surface area (Å²) in [5.74, 6) is -1.94. The van der Waals surface area contributed by atoms with Gasteiger partial charge in [-0.05, 0) is 55.9 Å². The maximum Gasteiger partial charge on any atom is 0.407 e. The Morgan fingerprint density at radius 1 is 0.886 bits per heavy atom. The number of hydrogen-bond donors (Lipinski definition) is 3. The van der Waals surface area contributed by atoms with Crippen molar-refractivity contribution in [2.24, 2.45) is 11.8 Å². The first-order valence-electron chi connectivity index (χ1n) is 12.3. The Hall–Kier alpha value is -3.35. The summed E-state index contributed by atoms with van der Waals surface area (Å²) in [4.78, 5) is 35.8. The standard InChI is InChI=1S/C28H36N2O5/c1-17(26(31)30-20(4)19(3)27(32)33)10-9-11-18(2)29-28(34)35-16-25-23-14-7-5-12-21(23)22-13-6-8-15-24(22)25/h5-8,12-15,17-20,25H,9-11,16H2,1-4H3,(H,29,34)(H,30,31)(H,32,33). The SMILES string of the molecule is CC(CCCC(C)C(=O)NC(C)C(C)C(=O)O)NC(=O)OCC1c2ccccc2-c2ccccc21. The molecule has 0 bridgehead atoms. The molecular formula is C28H36N2O5. The Kier molecular flexibility index (Phi) is 8.90. The third-order valence-corrected chi connectivity index (χ3v) is 6.94. The van der Waals surface area contributed by atoms with E-state index < -0.39 is 24.0 Å². The first-order valence-corrected chi connectivity index (χ1v) is 12.3. The first-order chi connectivity index (χ1) is 16.7. The summed E-state index contributed by atoms with van der Waals surface area (Å²) >= 11 is 0. The van der Waals surface area contributed by atoms with Crippen LogP contribution in [0.1, 0.15) is 64.0 Å². The lowest BCUT2D eigenvalue weighted by Gasteiger charge is -2.21. The van der Waals surface area contributed by atoms with Gasteiger partial charge < -0.3 is 20.5 Å². The molecule has 7 heteroatoms. The van der Waals surface area contributed by atoms with E-state index >= 15 is 0 Å².